The molecule has 0 fully saturated rings. The first kappa shape index (κ1) is 9.34. The lowest BCUT2D eigenvalue weighted by atomic mass is 10.1. The van der Waals surface area contributed by atoms with E-state index >= 15 is 0 Å². The fourth-order valence-electron chi connectivity index (χ4n) is 1.43. The molecule has 1 aromatic rings. The molecule has 0 aliphatic carbocycles. The van der Waals surface area contributed by atoms with Crippen LogP contribution in [0, 0.1) is 0 Å². The zero-order valence-electron chi connectivity index (χ0n) is 7.97. The number of amidine groups is 1. The summed E-state index contributed by atoms with van der Waals surface area (Å²) < 4.78 is 0. The predicted molar refractivity (Wildman–Crippen MR) is 62.2 cm³/mol. The Balaban J connectivity index is 2.27. The lowest BCUT2D eigenvalue weighted by Crippen LogP contribution is -2.12. The van der Waals surface area contributed by atoms with Crippen LogP contribution in [0.15, 0.2) is 47.1 Å². The van der Waals surface area contributed by atoms with Crippen molar-refractivity contribution in [3.63, 3.8) is 0 Å². The fraction of sp³-hybridized carbons (Fsp3) is 0.182. The summed E-state index contributed by atoms with van der Waals surface area (Å²) in [4.78, 5) is 4.18. The van der Waals surface area contributed by atoms with Crippen molar-refractivity contribution in [3.05, 3.63) is 47.7 Å². The Morgan fingerprint density at radius 1 is 1.29 bits per heavy atom. The number of thioether (sulfide) groups is 1. The van der Waals surface area contributed by atoms with Crippen LogP contribution in [0.4, 0.5) is 0 Å². The molecular weight excluding hydrogens is 192 g/mol. The number of nitrogens with zero attached hydrogens (tertiary/aromatic N) is 1. The molecule has 0 radical (unpaired) electrons. The third-order valence-electron chi connectivity index (χ3n) is 2.05. The minimum absolute atomic E-state index is 0.314. The molecule has 1 aromatic carbocycles. The zero-order valence-corrected chi connectivity index (χ0v) is 8.79. The zero-order chi connectivity index (χ0) is 9.97. The summed E-state index contributed by atoms with van der Waals surface area (Å²) in [6, 6.07) is 10.3. The molecule has 1 atom stereocenters. The monoisotopic (exact) mass is 204 g/mol. The Morgan fingerprint density at radius 3 is 2.64 bits per heavy atom. The van der Waals surface area contributed by atoms with Gasteiger partial charge in [0.1, 0.15) is 0 Å². The SMILES string of the molecule is CC1=C[C@H](c2ccccc2)SC(N)=N1. The third-order valence-corrected chi connectivity index (χ3v) is 3.05. The minimum Gasteiger partial charge on any atom is -0.378 e. The van der Waals surface area contributed by atoms with Crippen LogP contribution in [0.2, 0.25) is 0 Å². The summed E-state index contributed by atoms with van der Waals surface area (Å²) in [6.45, 7) is 1.97. The number of hydrogen-bond acceptors (Lipinski definition) is 3. The standard InChI is InChI=1S/C11H12N2S/c1-8-7-10(14-11(12)13-8)9-5-3-2-4-6-9/h2-7,10H,1H3,(H2,12,13)/t10-/m1/s1. The molecule has 1 heterocycles. The van der Waals surface area contributed by atoms with E-state index in [1.807, 2.05) is 25.1 Å². The Kier molecular flexibility index (Phi) is 2.59. The summed E-state index contributed by atoms with van der Waals surface area (Å²) in [5, 5.41) is 0.965. The first-order valence-electron chi connectivity index (χ1n) is 4.50. The van der Waals surface area contributed by atoms with E-state index in [4.69, 9.17) is 5.73 Å². The maximum atomic E-state index is 5.73. The van der Waals surface area contributed by atoms with Crippen molar-refractivity contribution in [1.29, 1.82) is 0 Å². The molecule has 1 aliphatic rings. The average molecular weight is 204 g/mol. The molecule has 3 heteroatoms. The fourth-order valence-corrected chi connectivity index (χ4v) is 2.44. The lowest BCUT2D eigenvalue weighted by Gasteiger charge is -2.16. The molecule has 0 bridgehead atoms. The minimum atomic E-state index is 0.314. The van der Waals surface area contributed by atoms with Gasteiger partial charge in [0.2, 0.25) is 0 Å². The number of allylic oxidation sites excluding steroid dienone is 1. The molecule has 0 aromatic heterocycles. The van der Waals surface area contributed by atoms with E-state index in [9.17, 15) is 0 Å². The summed E-state index contributed by atoms with van der Waals surface area (Å²) in [7, 11) is 0. The van der Waals surface area contributed by atoms with Crippen LogP contribution in [0.3, 0.4) is 0 Å². The molecule has 0 spiro atoms. The van der Waals surface area contributed by atoms with Gasteiger partial charge in [-0.3, -0.25) is 0 Å². The molecule has 0 saturated heterocycles. The highest BCUT2D eigenvalue weighted by Gasteiger charge is 2.15. The highest BCUT2D eigenvalue weighted by Crippen LogP contribution is 2.34. The highest BCUT2D eigenvalue weighted by molar-refractivity contribution is 8.14. The van der Waals surface area contributed by atoms with E-state index in [1.54, 1.807) is 11.8 Å². The second-order valence-corrected chi connectivity index (χ2v) is 4.37. The average Bonchev–Trinajstić information content (AvgIpc) is 2.18. The molecule has 14 heavy (non-hydrogen) atoms. The van der Waals surface area contributed by atoms with Gasteiger partial charge in [-0.25, -0.2) is 4.99 Å². The second kappa shape index (κ2) is 3.88. The Hall–Kier alpha value is -1.22. The van der Waals surface area contributed by atoms with Crippen molar-refractivity contribution in [2.24, 2.45) is 10.7 Å². The maximum absolute atomic E-state index is 5.73. The summed E-state index contributed by atoms with van der Waals surface area (Å²) in [6.07, 6.45) is 2.14. The van der Waals surface area contributed by atoms with Gasteiger partial charge in [0.25, 0.3) is 0 Å². The van der Waals surface area contributed by atoms with Crippen LogP contribution in [-0.4, -0.2) is 5.17 Å². The number of hydrogen-bond donors (Lipinski definition) is 1. The van der Waals surface area contributed by atoms with Gasteiger partial charge in [-0.15, -0.1) is 0 Å². The van der Waals surface area contributed by atoms with E-state index in [-0.39, 0.29) is 0 Å². The second-order valence-electron chi connectivity index (χ2n) is 3.21. The summed E-state index contributed by atoms with van der Waals surface area (Å²) >= 11 is 1.59. The molecule has 2 nitrogen and oxygen atoms in total. The topological polar surface area (TPSA) is 38.4 Å². The third kappa shape index (κ3) is 1.99. The van der Waals surface area contributed by atoms with Crippen LogP contribution in [-0.2, 0) is 0 Å². The van der Waals surface area contributed by atoms with Gasteiger partial charge in [-0.1, -0.05) is 42.1 Å². The van der Waals surface area contributed by atoms with Crippen LogP contribution in [0.25, 0.3) is 0 Å². The molecule has 2 rings (SSSR count). The normalized spacial score (nSPS) is 21.4. The first-order chi connectivity index (χ1) is 6.75. The molecule has 2 N–H and O–H groups in total. The molecular formula is C11H12N2S. The number of rotatable bonds is 1. The van der Waals surface area contributed by atoms with Gasteiger partial charge in [0.15, 0.2) is 5.17 Å². The van der Waals surface area contributed by atoms with E-state index in [2.05, 4.69) is 23.2 Å². The lowest BCUT2D eigenvalue weighted by molar-refractivity contribution is 1.15. The maximum Gasteiger partial charge on any atom is 0.159 e. The van der Waals surface area contributed by atoms with E-state index in [1.165, 1.54) is 5.56 Å². The van der Waals surface area contributed by atoms with Crippen LogP contribution < -0.4 is 5.73 Å². The van der Waals surface area contributed by atoms with Crippen molar-refractivity contribution >= 4 is 16.9 Å². The highest BCUT2D eigenvalue weighted by atomic mass is 32.2. The van der Waals surface area contributed by atoms with Crippen LogP contribution >= 0.6 is 11.8 Å². The number of benzene rings is 1. The molecule has 72 valence electrons. The summed E-state index contributed by atoms with van der Waals surface area (Å²) in [5.41, 5.74) is 7.99. The Labute approximate surface area is 87.9 Å². The van der Waals surface area contributed by atoms with Gasteiger partial charge in [0, 0.05) is 5.70 Å². The van der Waals surface area contributed by atoms with Crippen molar-refractivity contribution in [1.82, 2.24) is 0 Å². The Morgan fingerprint density at radius 2 is 2.00 bits per heavy atom. The van der Waals surface area contributed by atoms with Gasteiger partial charge in [-0.2, -0.15) is 0 Å². The molecule has 1 aliphatic heterocycles. The predicted octanol–water partition coefficient (Wildman–Crippen LogP) is 2.69. The molecule has 0 unspecified atom stereocenters. The number of nitrogens with two attached hydrogens (primary N) is 1. The van der Waals surface area contributed by atoms with Crippen molar-refractivity contribution < 1.29 is 0 Å². The van der Waals surface area contributed by atoms with Crippen molar-refractivity contribution in [2.45, 2.75) is 12.2 Å². The van der Waals surface area contributed by atoms with Gasteiger partial charge < -0.3 is 5.73 Å². The van der Waals surface area contributed by atoms with E-state index in [0.29, 0.717) is 10.4 Å². The van der Waals surface area contributed by atoms with Gasteiger partial charge in [0.05, 0.1) is 5.25 Å². The van der Waals surface area contributed by atoms with Gasteiger partial charge >= 0.3 is 0 Å². The number of aliphatic imine (C=N–C) groups is 1. The molecule has 0 saturated carbocycles. The van der Waals surface area contributed by atoms with Crippen LogP contribution in [0.1, 0.15) is 17.7 Å². The van der Waals surface area contributed by atoms with Crippen LogP contribution in [0.5, 0.6) is 0 Å². The van der Waals surface area contributed by atoms with E-state index < -0.39 is 0 Å². The summed E-state index contributed by atoms with van der Waals surface area (Å²) in [5.74, 6) is 0. The molecule has 0 amide bonds. The quantitative estimate of drug-likeness (QED) is 0.763. The first-order valence-corrected chi connectivity index (χ1v) is 5.38. The smallest absolute Gasteiger partial charge is 0.159 e. The van der Waals surface area contributed by atoms with E-state index in [0.717, 1.165) is 5.70 Å². The van der Waals surface area contributed by atoms with Crippen molar-refractivity contribution in [3.8, 4) is 0 Å². The Bertz CT molecular complexity index is 382. The van der Waals surface area contributed by atoms with Crippen molar-refractivity contribution in [2.75, 3.05) is 0 Å². The largest absolute Gasteiger partial charge is 0.378 e. The van der Waals surface area contributed by atoms with Gasteiger partial charge in [-0.05, 0) is 18.6 Å².